The fourth-order valence-electron chi connectivity index (χ4n) is 2.69. The molecule has 0 radical (unpaired) electrons. The highest BCUT2D eigenvalue weighted by molar-refractivity contribution is 5.62. The molecule has 0 saturated heterocycles. The molecule has 0 aliphatic carbocycles. The fraction of sp³-hybridized carbons (Fsp3) is 0.316. The minimum atomic E-state index is -4.85. The summed E-state index contributed by atoms with van der Waals surface area (Å²) in [6.45, 7) is 5.23. The lowest BCUT2D eigenvalue weighted by Crippen LogP contribution is -2.35. The van der Waals surface area contributed by atoms with Crippen molar-refractivity contribution in [1.82, 2.24) is 0 Å². The number of hydrogen-bond acceptors (Lipinski definition) is 1. The van der Waals surface area contributed by atoms with Crippen molar-refractivity contribution in [1.29, 1.82) is 0 Å². The Bertz CT molecular complexity index is 833. The summed E-state index contributed by atoms with van der Waals surface area (Å²) in [4.78, 5) is 3.58. The molecular weight excluding hydrogens is 389 g/mol. The van der Waals surface area contributed by atoms with E-state index in [1.54, 1.807) is 0 Å². The van der Waals surface area contributed by atoms with Gasteiger partial charge in [0, 0.05) is 12.2 Å². The number of hydrogen-bond donors (Lipinski definition) is 0. The molecule has 2 aromatic carbocycles. The Labute approximate surface area is 157 Å². The lowest BCUT2D eigenvalue weighted by Gasteiger charge is -2.27. The molecular formula is C19H15F7N2. The Balaban J connectivity index is 2.23. The van der Waals surface area contributed by atoms with Crippen LogP contribution in [0.1, 0.15) is 17.5 Å². The van der Waals surface area contributed by atoms with Crippen LogP contribution in [0, 0.1) is 12.4 Å². The summed E-state index contributed by atoms with van der Waals surface area (Å²) in [5, 5.41) is 0. The fourth-order valence-corrected chi connectivity index (χ4v) is 2.69. The van der Waals surface area contributed by atoms with Gasteiger partial charge < -0.3 is 4.90 Å². The highest BCUT2D eigenvalue weighted by atomic mass is 19.4. The van der Waals surface area contributed by atoms with E-state index in [2.05, 4.69) is 4.85 Å². The standard InChI is InChI=1S/C19H15F7N2/c1-27-17-9-8-15(11-16(17)19(24,25)26)28(12-18(21,22)23)10-2-3-13-4-6-14(20)7-5-13/h4-9,11H,2-3,10,12H2. The third kappa shape index (κ3) is 6.15. The van der Waals surface area contributed by atoms with Crippen LogP contribution in [0.4, 0.5) is 42.1 Å². The van der Waals surface area contributed by atoms with E-state index in [-0.39, 0.29) is 18.7 Å². The lowest BCUT2D eigenvalue weighted by molar-refractivity contribution is -0.136. The van der Waals surface area contributed by atoms with Gasteiger partial charge in [-0.1, -0.05) is 18.2 Å². The molecule has 0 amide bonds. The van der Waals surface area contributed by atoms with Crippen LogP contribution in [-0.4, -0.2) is 19.3 Å². The molecule has 0 spiro atoms. The molecule has 0 unspecified atom stereocenters. The number of benzene rings is 2. The highest BCUT2D eigenvalue weighted by Crippen LogP contribution is 2.39. The first-order chi connectivity index (χ1) is 13.0. The molecule has 150 valence electrons. The van der Waals surface area contributed by atoms with Crippen molar-refractivity contribution in [3.05, 3.63) is 70.8 Å². The predicted molar refractivity (Wildman–Crippen MR) is 90.7 cm³/mol. The van der Waals surface area contributed by atoms with Crippen LogP contribution in [0.3, 0.4) is 0 Å². The SMILES string of the molecule is [C-]#[N+]c1ccc(N(CCCc2ccc(F)cc2)CC(F)(F)F)cc1C(F)(F)F. The van der Waals surface area contributed by atoms with E-state index in [1.807, 2.05) is 0 Å². The summed E-state index contributed by atoms with van der Waals surface area (Å²) < 4.78 is 91.0. The van der Waals surface area contributed by atoms with Gasteiger partial charge in [0.15, 0.2) is 5.69 Å². The van der Waals surface area contributed by atoms with E-state index in [4.69, 9.17) is 6.57 Å². The zero-order valence-electron chi connectivity index (χ0n) is 14.4. The van der Waals surface area contributed by atoms with Crippen LogP contribution in [0.2, 0.25) is 0 Å². The Morgan fingerprint density at radius 3 is 2.11 bits per heavy atom. The highest BCUT2D eigenvalue weighted by Gasteiger charge is 2.35. The van der Waals surface area contributed by atoms with Gasteiger partial charge in [0.2, 0.25) is 0 Å². The maximum atomic E-state index is 13.1. The van der Waals surface area contributed by atoms with Gasteiger partial charge >= 0.3 is 12.4 Å². The largest absolute Gasteiger partial charge is 0.407 e. The lowest BCUT2D eigenvalue weighted by atomic mass is 10.1. The normalized spacial score (nSPS) is 11.9. The van der Waals surface area contributed by atoms with Crippen molar-refractivity contribution in [2.24, 2.45) is 0 Å². The molecule has 0 aromatic heterocycles. The molecule has 9 heteroatoms. The van der Waals surface area contributed by atoms with Gasteiger partial charge in [-0.25, -0.2) is 9.24 Å². The van der Waals surface area contributed by atoms with E-state index in [1.165, 1.54) is 24.3 Å². The molecule has 0 saturated carbocycles. The number of anilines is 1. The van der Waals surface area contributed by atoms with E-state index in [9.17, 15) is 30.7 Å². The van der Waals surface area contributed by atoms with Gasteiger partial charge in [0.05, 0.1) is 12.1 Å². The van der Waals surface area contributed by atoms with E-state index < -0.39 is 36.0 Å². The van der Waals surface area contributed by atoms with Crippen molar-refractivity contribution >= 4 is 11.4 Å². The first-order valence-corrected chi connectivity index (χ1v) is 8.14. The smallest absolute Gasteiger partial charge is 0.363 e. The van der Waals surface area contributed by atoms with Crippen molar-refractivity contribution < 1.29 is 30.7 Å². The zero-order chi connectivity index (χ0) is 20.9. The second-order valence-corrected chi connectivity index (χ2v) is 6.08. The van der Waals surface area contributed by atoms with E-state index in [0.717, 1.165) is 17.0 Å². The summed E-state index contributed by atoms with van der Waals surface area (Å²) in [6.07, 6.45) is -8.92. The van der Waals surface area contributed by atoms with Crippen molar-refractivity contribution in [3.63, 3.8) is 0 Å². The summed E-state index contributed by atoms with van der Waals surface area (Å²) in [6, 6.07) is 7.95. The second-order valence-electron chi connectivity index (χ2n) is 6.08. The van der Waals surface area contributed by atoms with Crippen molar-refractivity contribution in [3.8, 4) is 0 Å². The topological polar surface area (TPSA) is 7.60 Å². The molecule has 28 heavy (non-hydrogen) atoms. The Morgan fingerprint density at radius 2 is 1.57 bits per heavy atom. The Hall–Kier alpha value is -2.76. The molecule has 0 fully saturated rings. The van der Waals surface area contributed by atoms with Gasteiger partial charge in [-0.05, 0) is 42.7 Å². The van der Waals surface area contributed by atoms with Gasteiger partial charge in [-0.2, -0.15) is 26.3 Å². The quantitative estimate of drug-likeness (QED) is 0.400. The molecule has 2 rings (SSSR count). The average Bonchev–Trinajstić information content (AvgIpc) is 2.60. The molecule has 0 atom stereocenters. The molecule has 0 N–H and O–H groups in total. The number of aryl methyl sites for hydroxylation is 1. The molecule has 0 bridgehead atoms. The maximum absolute atomic E-state index is 13.1. The number of alkyl halides is 6. The van der Waals surface area contributed by atoms with Crippen LogP contribution in [0.5, 0.6) is 0 Å². The minimum Gasteiger partial charge on any atom is -0.363 e. The van der Waals surface area contributed by atoms with E-state index in [0.29, 0.717) is 18.1 Å². The monoisotopic (exact) mass is 404 g/mol. The summed E-state index contributed by atoms with van der Waals surface area (Å²) in [7, 11) is 0. The maximum Gasteiger partial charge on any atom is 0.407 e. The number of rotatable bonds is 6. The van der Waals surface area contributed by atoms with Gasteiger partial charge in [0.1, 0.15) is 12.4 Å². The second kappa shape index (κ2) is 8.50. The van der Waals surface area contributed by atoms with E-state index >= 15 is 0 Å². The average molecular weight is 404 g/mol. The first kappa shape index (κ1) is 21.5. The van der Waals surface area contributed by atoms with Gasteiger partial charge in [0.25, 0.3) is 0 Å². The summed E-state index contributed by atoms with van der Waals surface area (Å²) >= 11 is 0. The first-order valence-electron chi connectivity index (χ1n) is 8.14. The Morgan fingerprint density at radius 1 is 0.929 bits per heavy atom. The molecule has 0 aliphatic heterocycles. The third-order valence-electron chi connectivity index (χ3n) is 3.95. The van der Waals surface area contributed by atoms with Crippen molar-refractivity contribution in [2.75, 3.05) is 18.0 Å². The van der Waals surface area contributed by atoms with Crippen LogP contribution in [-0.2, 0) is 12.6 Å². The minimum absolute atomic E-state index is 0.161. The number of nitrogens with zero attached hydrogens (tertiary/aromatic N) is 2. The zero-order valence-corrected chi connectivity index (χ0v) is 14.4. The summed E-state index contributed by atoms with van der Waals surface area (Å²) in [5.41, 5.74) is -1.51. The van der Waals surface area contributed by atoms with Crippen LogP contribution in [0.25, 0.3) is 4.85 Å². The van der Waals surface area contributed by atoms with Crippen LogP contribution < -0.4 is 4.90 Å². The van der Waals surface area contributed by atoms with Crippen LogP contribution >= 0.6 is 0 Å². The predicted octanol–water partition coefficient (Wildman–Crippen LogP) is 6.40. The van der Waals surface area contributed by atoms with Gasteiger partial charge in [-0.15, -0.1) is 0 Å². The molecule has 2 aromatic rings. The van der Waals surface area contributed by atoms with Gasteiger partial charge in [-0.3, -0.25) is 0 Å². The number of halogens is 7. The summed E-state index contributed by atoms with van der Waals surface area (Å²) in [5.74, 6) is -0.443. The van der Waals surface area contributed by atoms with Crippen molar-refractivity contribution in [2.45, 2.75) is 25.2 Å². The van der Waals surface area contributed by atoms with Crippen LogP contribution in [0.15, 0.2) is 42.5 Å². The molecule has 0 heterocycles. The molecule has 2 nitrogen and oxygen atoms in total. The Kier molecular flexibility index (Phi) is 6.54. The third-order valence-corrected chi connectivity index (χ3v) is 3.95. The molecule has 0 aliphatic rings.